The van der Waals surface area contributed by atoms with Crippen molar-refractivity contribution < 1.29 is 32.3 Å². The van der Waals surface area contributed by atoms with Crippen LogP contribution in [0, 0.1) is 11.7 Å². The van der Waals surface area contributed by atoms with Crippen molar-refractivity contribution in [3.63, 3.8) is 0 Å². The van der Waals surface area contributed by atoms with Gasteiger partial charge >= 0.3 is 12.2 Å². The van der Waals surface area contributed by atoms with E-state index in [9.17, 15) is 32.3 Å². The van der Waals surface area contributed by atoms with Crippen LogP contribution in [-0.4, -0.2) is 23.1 Å². The number of Topliss-reactive ketones (excluding diaryl/α,β-unsaturated/α-hetero) is 1. The molecule has 10 heteroatoms. The molecule has 148 valence electrons. The van der Waals surface area contributed by atoms with Gasteiger partial charge in [-0.2, -0.15) is 13.2 Å². The number of alkyl halides is 3. The minimum Gasteiger partial charge on any atom is -0.366 e. The van der Waals surface area contributed by atoms with Crippen LogP contribution in [0.3, 0.4) is 0 Å². The summed E-state index contributed by atoms with van der Waals surface area (Å²) in [4.78, 5) is 24.4. The summed E-state index contributed by atoms with van der Waals surface area (Å²) in [6, 6.07) is 7.18. The van der Waals surface area contributed by atoms with Gasteiger partial charge in [0, 0.05) is 16.1 Å². The molecule has 0 saturated carbocycles. The first kappa shape index (κ1) is 20.1. The van der Waals surface area contributed by atoms with Gasteiger partial charge in [0.2, 0.25) is 5.78 Å². The lowest BCUT2D eigenvalue weighted by atomic mass is 9.76. The lowest BCUT2D eigenvalue weighted by Gasteiger charge is -2.45. The molecule has 1 fully saturated rings. The van der Waals surface area contributed by atoms with E-state index >= 15 is 0 Å². The molecule has 5 nitrogen and oxygen atoms in total. The minimum absolute atomic E-state index is 0.176. The predicted molar refractivity (Wildman–Crippen MR) is 90.7 cm³/mol. The molecular formula is C18H13ClF4N2O3. The Labute approximate surface area is 161 Å². The van der Waals surface area contributed by atoms with Crippen molar-refractivity contribution in [2.75, 3.05) is 0 Å². The van der Waals surface area contributed by atoms with E-state index in [4.69, 9.17) is 11.6 Å². The number of amides is 2. The standard InChI is InChI=1S/C18H13ClF4N2O3/c19-10-7-4-8-11(20)12(10)14-13(15(26)18(21,22)23)17(28,25-16(27)24-14)9-5-2-1-3-6-9/h1-8,13-14,28H,(H2,24,25,27)/t13-,14+,17+/m0/s1. The fourth-order valence-electron chi connectivity index (χ4n) is 3.26. The molecular weight excluding hydrogens is 404 g/mol. The molecule has 1 aliphatic heterocycles. The lowest BCUT2D eigenvalue weighted by molar-refractivity contribution is -0.190. The highest BCUT2D eigenvalue weighted by Crippen LogP contribution is 2.44. The Morgan fingerprint density at radius 3 is 2.32 bits per heavy atom. The van der Waals surface area contributed by atoms with Crippen LogP contribution in [0.2, 0.25) is 5.02 Å². The average molecular weight is 417 g/mol. The zero-order valence-corrected chi connectivity index (χ0v) is 14.7. The van der Waals surface area contributed by atoms with E-state index < -0.39 is 47.1 Å². The zero-order chi connectivity index (χ0) is 20.7. The summed E-state index contributed by atoms with van der Waals surface area (Å²) in [5, 5.41) is 14.8. The number of aliphatic hydroxyl groups is 1. The number of rotatable bonds is 3. The first-order valence-corrected chi connectivity index (χ1v) is 8.35. The normalized spacial score (nSPS) is 25.0. The van der Waals surface area contributed by atoms with Crippen molar-refractivity contribution in [2.45, 2.75) is 17.9 Å². The van der Waals surface area contributed by atoms with Crippen molar-refractivity contribution in [1.29, 1.82) is 0 Å². The number of carbonyl (C=O) groups excluding carboxylic acids is 2. The van der Waals surface area contributed by atoms with Gasteiger partial charge in [-0.1, -0.05) is 48.0 Å². The van der Waals surface area contributed by atoms with Gasteiger partial charge in [0.1, 0.15) is 11.7 Å². The number of urea groups is 1. The molecule has 3 N–H and O–H groups in total. The molecule has 2 aromatic rings. The van der Waals surface area contributed by atoms with Crippen molar-refractivity contribution in [3.05, 3.63) is 70.5 Å². The Balaban J connectivity index is 2.26. The van der Waals surface area contributed by atoms with Gasteiger partial charge in [-0.05, 0) is 12.1 Å². The Morgan fingerprint density at radius 1 is 1.11 bits per heavy atom. The van der Waals surface area contributed by atoms with Crippen LogP contribution in [0.1, 0.15) is 17.2 Å². The largest absolute Gasteiger partial charge is 0.450 e. The summed E-state index contributed by atoms with van der Waals surface area (Å²) < 4.78 is 54.5. The molecule has 1 heterocycles. The Kier molecular flexibility index (Phi) is 5.07. The highest BCUT2D eigenvalue weighted by atomic mass is 35.5. The maximum Gasteiger partial charge on any atom is 0.450 e. The van der Waals surface area contributed by atoms with Crippen molar-refractivity contribution in [1.82, 2.24) is 10.6 Å². The van der Waals surface area contributed by atoms with Crippen LogP contribution >= 0.6 is 11.6 Å². The molecule has 0 spiro atoms. The number of hydrogen-bond donors (Lipinski definition) is 3. The van der Waals surface area contributed by atoms with E-state index in [0.29, 0.717) is 0 Å². The summed E-state index contributed by atoms with van der Waals surface area (Å²) in [6.07, 6.45) is -5.37. The van der Waals surface area contributed by atoms with Crippen LogP contribution in [-0.2, 0) is 10.5 Å². The van der Waals surface area contributed by atoms with Gasteiger partial charge < -0.3 is 15.7 Å². The second-order valence-electron chi connectivity index (χ2n) is 6.18. The minimum atomic E-state index is -5.37. The summed E-state index contributed by atoms with van der Waals surface area (Å²) >= 11 is 5.95. The van der Waals surface area contributed by atoms with Gasteiger partial charge in [-0.15, -0.1) is 0 Å². The zero-order valence-electron chi connectivity index (χ0n) is 13.9. The predicted octanol–water partition coefficient (Wildman–Crippen LogP) is 3.43. The van der Waals surface area contributed by atoms with E-state index in [2.05, 4.69) is 5.32 Å². The third-order valence-electron chi connectivity index (χ3n) is 4.46. The Morgan fingerprint density at radius 2 is 1.75 bits per heavy atom. The molecule has 3 rings (SSSR count). The summed E-state index contributed by atoms with van der Waals surface area (Å²) in [5.41, 5.74) is -3.46. The molecule has 3 atom stereocenters. The lowest BCUT2D eigenvalue weighted by Crippen LogP contribution is -2.66. The van der Waals surface area contributed by atoms with E-state index in [1.54, 1.807) is 0 Å². The second-order valence-corrected chi connectivity index (χ2v) is 6.59. The summed E-state index contributed by atoms with van der Waals surface area (Å²) in [7, 11) is 0. The fraction of sp³-hybridized carbons (Fsp3) is 0.222. The molecule has 0 bridgehead atoms. The molecule has 0 aliphatic carbocycles. The quantitative estimate of drug-likeness (QED) is 0.671. The van der Waals surface area contributed by atoms with Crippen molar-refractivity contribution >= 4 is 23.4 Å². The molecule has 2 aromatic carbocycles. The number of ketones is 1. The van der Waals surface area contributed by atoms with Gasteiger partial charge in [0.05, 0.1) is 6.04 Å². The van der Waals surface area contributed by atoms with Crippen LogP contribution < -0.4 is 10.6 Å². The van der Waals surface area contributed by atoms with Crippen LogP contribution in [0.5, 0.6) is 0 Å². The maximum atomic E-state index is 14.4. The smallest absolute Gasteiger partial charge is 0.366 e. The highest BCUT2D eigenvalue weighted by molar-refractivity contribution is 6.31. The number of hydrogen-bond acceptors (Lipinski definition) is 3. The molecule has 1 saturated heterocycles. The molecule has 0 radical (unpaired) electrons. The summed E-state index contributed by atoms with van der Waals surface area (Å²) in [6.45, 7) is 0. The van der Waals surface area contributed by atoms with Crippen LogP contribution in [0.15, 0.2) is 48.5 Å². The topological polar surface area (TPSA) is 78.4 Å². The Bertz CT molecular complexity index is 903. The molecule has 0 unspecified atom stereocenters. The van der Waals surface area contributed by atoms with Gasteiger partial charge in [-0.25, -0.2) is 9.18 Å². The van der Waals surface area contributed by atoms with Gasteiger partial charge in [0.15, 0.2) is 5.72 Å². The van der Waals surface area contributed by atoms with E-state index in [0.717, 1.165) is 6.07 Å². The molecule has 1 aliphatic rings. The summed E-state index contributed by atoms with van der Waals surface area (Å²) in [5.74, 6) is -5.73. The van der Waals surface area contributed by atoms with E-state index in [1.165, 1.54) is 42.5 Å². The van der Waals surface area contributed by atoms with Gasteiger partial charge in [-0.3, -0.25) is 4.79 Å². The third kappa shape index (κ3) is 3.43. The monoisotopic (exact) mass is 416 g/mol. The number of benzene rings is 2. The van der Waals surface area contributed by atoms with Crippen LogP contribution in [0.4, 0.5) is 22.4 Å². The van der Waals surface area contributed by atoms with Crippen LogP contribution in [0.25, 0.3) is 0 Å². The van der Waals surface area contributed by atoms with Gasteiger partial charge in [0.25, 0.3) is 0 Å². The van der Waals surface area contributed by atoms with Crippen molar-refractivity contribution in [3.8, 4) is 0 Å². The first-order valence-electron chi connectivity index (χ1n) is 7.97. The highest BCUT2D eigenvalue weighted by Gasteiger charge is 2.59. The van der Waals surface area contributed by atoms with E-state index in [-0.39, 0.29) is 10.6 Å². The number of carbonyl (C=O) groups is 2. The molecule has 28 heavy (non-hydrogen) atoms. The maximum absolute atomic E-state index is 14.4. The van der Waals surface area contributed by atoms with Crippen molar-refractivity contribution in [2.24, 2.45) is 5.92 Å². The molecule has 0 aromatic heterocycles. The fourth-order valence-corrected chi connectivity index (χ4v) is 3.54. The second kappa shape index (κ2) is 7.06. The van der Waals surface area contributed by atoms with E-state index in [1.807, 2.05) is 5.32 Å². The first-order chi connectivity index (χ1) is 13.1. The third-order valence-corrected chi connectivity index (χ3v) is 4.79. The molecule has 2 amide bonds. The Hall–Kier alpha value is -2.65. The number of nitrogens with one attached hydrogen (secondary N) is 2. The SMILES string of the molecule is O=C1N[C@H](c2c(F)cccc2Cl)[C@@H](C(=O)C(F)(F)F)[C@](O)(c2ccccc2)N1. The number of halogens is 5. The average Bonchev–Trinajstić information content (AvgIpc) is 2.61.